The van der Waals surface area contributed by atoms with Gasteiger partial charge in [0.15, 0.2) is 0 Å². The lowest BCUT2D eigenvalue weighted by atomic mass is 10.2. The van der Waals surface area contributed by atoms with Gasteiger partial charge in [0.1, 0.15) is 5.75 Å². The molecule has 2 aromatic rings. The van der Waals surface area contributed by atoms with Crippen molar-refractivity contribution in [3.8, 4) is 17.2 Å². The monoisotopic (exact) mass is 216 g/mol. The molecule has 1 aromatic carbocycles. The van der Waals surface area contributed by atoms with Gasteiger partial charge >= 0.3 is 0 Å². The SMILES string of the molecule is COc1ccc(-c2nnc(C3CC3)o2)cc1. The van der Waals surface area contributed by atoms with E-state index in [1.165, 1.54) is 12.8 Å². The molecule has 1 aliphatic rings. The standard InChI is InChI=1S/C12H12N2O2/c1-15-10-6-4-9(5-7-10)12-14-13-11(16-12)8-2-3-8/h4-8H,2-3H2,1H3. The first-order valence-corrected chi connectivity index (χ1v) is 5.34. The predicted octanol–water partition coefficient (Wildman–Crippen LogP) is 2.62. The molecule has 4 nitrogen and oxygen atoms in total. The van der Waals surface area contributed by atoms with Gasteiger partial charge in [-0.1, -0.05) is 0 Å². The van der Waals surface area contributed by atoms with Gasteiger partial charge in [-0.25, -0.2) is 0 Å². The average molecular weight is 216 g/mol. The van der Waals surface area contributed by atoms with E-state index in [4.69, 9.17) is 9.15 Å². The fourth-order valence-electron chi connectivity index (χ4n) is 1.58. The van der Waals surface area contributed by atoms with Gasteiger partial charge in [0.25, 0.3) is 0 Å². The third kappa shape index (κ3) is 1.66. The molecule has 0 saturated heterocycles. The molecule has 0 spiro atoms. The van der Waals surface area contributed by atoms with Crippen LogP contribution in [0.4, 0.5) is 0 Å². The van der Waals surface area contributed by atoms with Crippen LogP contribution in [-0.4, -0.2) is 17.3 Å². The van der Waals surface area contributed by atoms with Crippen molar-refractivity contribution in [3.63, 3.8) is 0 Å². The highest BCUT2D eigenvalue weighted by atomic mass is 16.5. The van der Waals surface area contributed by atoms with Gasteiger partial charge in [-0.3, -0.25) is 0 Å². The summed E-state index contributed by atoms with van der Waals surface area (Å²) in [6.07, 6.45) is 2.34. The summed E-state index contributed by atoms with van der Waals surface area (Å²) in [6, 6.07) is 7.61. The summed E-state index contributed by atoms with van der Waals surface area (Å²) < 4.78 is 10.7. The van der Waals surface area contributed by atoms with Gasteiger partial charge in [0.05, 0.1) is 7.11 Å². The van der Waals surface area contributed by atoms with E-state index in [0.717, 1.165) is 17.2 Å². The third-order valence-corrected chi connectivity index (χ3v) is 2.70. The first-order valence-electron chi connectivity index (χ1n) is 5.34. The number of hydrogen-bond donors (Lipinski definition) is 0. The number of nitrogens with zero attached hydrogens (tertiary/aromatic N) is 2. The molecule has 3 rings (SSSR count). The van der Waals surface area contributed by atoms with Crippen molar-refractivity contribution in [1.82, 2.24) is 10.2 Å². The Morgan fingerprint density at radius 2 is 1.94 bits per heavy atom. The quantitative estimate of drug-likeness (QED) is 0.791. The van der Waals surface area contributed by atoms with Crippen LogP contribution in [-0.2, 0) is 0 Å². The normalized spacial score (nSPS) is 15.1. The number of hydrogen-bond acceptors (Lipinski definition) is 4. The maximum atomic E-state index is 5.60. The molecule has 1 aromatic heterocycles. The minimum atomic E-state index is 0.500. The van der Waals surface area contributed by atoms with Crippen LogP contribution in [0, 0.1) is 0 Å². The first kappa shape index (κ1) is 9.39. The molecule has 0 unspecified atom stereocenters. The number of aromatic nitrogens is 2. The molecule has 1 fully saturated rings. The van der Waals surface area contributed by atoms with E-state index < -0.39 is 0 Å². The van der Waals surface area contributed by atoms with Gasteiger partial charge in [-0.05, 0) is 37.1 Å². The van der Waals surface area contributed by atoms with Crippen molar-refractivity contribution in [2.24, 2.45) is 0 Å². The predicted molar refractivity (Wildman–Crippen MR) is 58.3 cm³/mol. The molecule has 0 N–H and O–H groups in total. The van der Waals surface area contributed by atoms with Crippen molar-refractivity contribution >= 4 is 0 Å². The van der Waals surface area contributed by atoms with Crippen LogP contribution < -0.4 is 4.74 Å². The van der Waals surface area contributed by atoms with E-state index in [1.54, 1.807) is 7.11 Å². The summed E-state index contributed by atoms with van der Waals surface area (Å²) >= 11 is 0. The Morgan fingerprint density at radius 1 is 1.19 bits per heavy atom. The molecule has 0 atom stereocenters. The lowest BCUT2D eigenvalue weighted by Gasteiger charge is -1.99. The number of methoxy groups -OCH3 is 1. The van der Waals surface area contributed by atoms with E-state index in [0.29, 0.717) is 11.8 Å². The van der Waals surface area contributed by atoms with Crippen molar-refractivity contribution in [3.05, 3.63) is 30.2 Å². The van der Waals surface area contributed by atoms with Gasteiger partial charge in [0.2, 0.25) is 11.8 Å². The molecule has 16 heavy (non-hydrogen) atoms. The molecule has 0 radical (unpaired) electrons. The van der Waals surface area contributed by atoms with E-state index in [2.05, 4.69) is 10.2 Å². The Hall–Kier alpha value is -1.84. The fraction of sp³-hybridized carbons (Fsp3) is 0.333. The molecular weight excluding hydrogens is 204 g/mol. The first-order chi connectivity index (χ1) is 7.86. The van der Waals surface area contributed by atoms with Crippen LogP contribution >= 0.6 is 0 Å². The highest BCUT2D eigenvalue weighted by Gasteiger charge is 2.29. The van der Waals surface area contributed by atoms with Gasteiger partial charge < -0.3 is 9.15 Å². The Kier molecular flexibility index (Phi) is 2.13. The second-order valence-corrected chi connectivity index (χ2v) is 3.95. The molecule has 1 saturated carbocycles. The van der Waals surface area contributed by atoms with Crippen LogP contribution in [0.1, 0.15) is 24.7 Å². The van der Waals surface area contributed by atoms with E-state index in [1.807, 2.05) is 24.3 Å². The Bertz CT molecular complexity index is 486. The second-order valence-electron chi connectivity index (χ2n) is 3.95. The number of ether oxygens (including phenoxy) is 1. The topological polar surface area (TPSA) is 48.2 Å². The minimum Gasteiger partial charge on any atom is -0.497 e. The second kappa shape index (κ2) is 3.63. The summed E-state index contributed by atoms with van der Waals surface area (Å²) in [5.74, 6) is 2.68. The van der Waals surface area contributed by atoms with Crippen LogP contribution in [0.3, 0.4) is 0 Å². The third-order valence-electron chi connectivity index (χ3n) is 2.70. The summed E-state index contributed by atoms with van der Waals surface area (Å²) in [5, 5.41) is 8.09. The molecule has 1 heterocycles. The maximum Gasteiger partial charge on any atom is 0.247 e. The zero-order chi connectivity index (χ0) is 11.0. The Labute approximate surface area is 93.3 Å². The van der Waals surface area contributed by atoms with Gasteiger partial charge in [-0.15, -0.1) is 10.2 Å². The summed E-state index contributed by atoms with van der Waals surface area (Å²) in [6.45, 7) is 0. The van der Waals surface area contributed by atoms with Crippen LogP contribution in [0.15, 0.2) is 28.7 Å². The van der Waals surface area contributed by atoms with Crippen LogP contribution in [0.2, 0.25) is 0 Å². The molecule has 1 aliphatic carbocycles. The van der Waals surface area contributed by atoms with Crippen LogP contribution in [0.25, 0.3) is 11.5 Å². The van der Waals surface area contributed by atoms with Gasteiger partial charge in [0, 0.05) is 11.5 Å². The van der Waals surface area contributed by atoms with Crippen molar-refractivity contribution in [2.45, 2.75) is 18.8 Å². The largest absolute Gasteiger partial charge is 0.497 e. The van der Waals surface area contributed by atoms with E-state index in [9.17, 15) is 0 Å². The van der Waals surface area contributed by atoms with E-state index >= 15 is 0 Å². The molecule has 4 heteroatoms. The molecule has 0 bridgehead atoms. The molecular formula is C12H12N2O2. The van der Waals surface area contributed by atoms with Crippen molar-refractivity contribution in [2.75, 3.05) is 7.11 Å². The highest BCUT2D eigenvalue weighted by Crippen LogP contribution is 2.39. The summed E-state index contributed by atoms with van der Waals surface area (Å²) in [7, 11) is 1.65. The lowest BCUT2D eigenvalue weighted by molar-refractivity contribution is 0.415. The number of benzene rings is 1. The molecule has 0 aliphatic heterocycles. The maximum absolute atomic E-state index is 5.60. The zero-order valence-electron chi connectivity index (χ0n) is 9.01. The molecule has 0 amide bonds. The Morgan fingerprint density at radius 3 is 2.56 bits per heavy atom. The summed E-state index contributed by atoms with van der Waals surface area (Å²) in [5.41, 5.74) is 0.931. The smallest absolute Gasteiger partial charge is 0.247 e. The highest BCUT2D eigenvalue weighted by molar-refractivity contribution is 5.54. The summed E-state index contributed by atoms with van der Waals surface area (Å²) in [4.78, 5) is 0. The van der Waals surface area contributed by atoms with Gasteiger partial charge in [-0.2, -0.15) is 0 Å². The fourth-order valence-corrected chi connectivity index (χ4v) is 1.58. The van der Waals surface area contributed by atoms with E-state index in [-0.39, 0.29) is 0 Å². The lowest BCUT2D eigenvalue weighted by Crippen LogP contribution is -1.82. The molecule has 82 valence electrons. The van der Waals surface area contributed by atoms with Crippen LogP contribution in [0.5, 0.6) is 5.75 Å². The Balaban J connectivity index is 1.88. The number of rotatable bonds is 3. The average Bonchev–Trinajstić information content (AvgIpc) is 3.08. The zero-order valence-corrected chi connectivity index (χ0v) is 9.01. The van der Waals surface area contributed by atoms with Crippen molar-refractivity contribution < 1.29 is 9.15 Å². The minimum absolute atomic E-state index is 0.500. The van der Waals surface area contributed by atoms with Crippen molar-refractivity contribution in [1.29, 1.82) is 0 Å².